The molecule has 0 saturated carbocycles. The molecule has 0 amide bonds. The quantitative estimate of drug-likeness (QED) is 0.409. The molecule has 0 fully saturated rings. The Labute approximate surface area is 150 Å². The monoisotopic (exact) mass is 368 g/mol. The van der Waals surface area contributed by atoms with Crippen LogP contribution in [0, 0.1) is 0 Å². The van der Waals surface area contributed by atoms with Crippen molar-refractivity contribution in [3.8, 4) is 0 Å². The zero-order valence-corrected chi connectivity index (χ0v) is 17.9. The topological polar surface area (TPSA) is 45.1 Å². The van der Waals surface area contributed by atoms with Crippen LogP contribution in [0.2, 0.25) is 18.1 Å². The van der Waals surface area contributed by atoms with Crippen molar-refractivity contribution in [1.29, 1.82) is 0 Å². The lowest BCUT2D eigenvalue weighted by molar-refractivity contribution is 0.208. The van der Waals surface area contributed by atoms with Crippen LogP contribution in [0.25, 0.3) is 0 Å². The smallest absolute Gasteiger partial charge is 0.192 e. The molecule has 1 rings (SSSR count). The summed E-state index contributed by atoms with van der Waals surface area (Å²) < 4.78 is 10.2. The van der Waals surface area contributed by atoms with Crippen molar-refractivity contribution < 1.29 is 9.53 Å². The third-order valence-corrected chi connectivity index (χ3v) is 9.39. The van der Waals surface area contributed by atoms with Gasteiger partial charge in [-0.2, -0.15) is 0 Å². The standard InChI is InChI=1S/C18H33N2O2PSi/c1-18(2,3)24(4,5)22-15-17-8-6-16(7-9-17)14-20(12-13-21)11-10-19-23/h6-10,21H,11-15,23H2,1-5H3/b19-10-. The molecular weight excluding hydrogens is 335 g/mol. The van der Waals surface area contributed by atoms with Gasteiger partial charge in [-0.1, -0.05) is 45.0 Å². The fourth-order valence-corrected chi connectivity index (χ4v) is 3.07. The van der Waals surface area contributed by atoms with Gasteiger partial charge in [0.25, 0.3) is 0 Å². The fourth-order valence-electron chi connectivity index (χ4n) is 2.02. The van der Waals surface area contributed by atoms with Gasteiger partial charge in [0.15, 0.2) is 8.32 Å². The molecule has 136 valence electrons. The highest BCUT2D eigenvalue weighted by Gasteiger charge is 2.36. The van der Waals surface area contributed by atoms with Gasteiger partial charge in [-0.25, -0.2) is 0 Å². The van der Waals surface area contributed by atoms with Gasteiger partial charge in [-0.05, 0) is 38.6 Å². The van der Waals surface area contributed by atoms with E-state index in [0.717, 1.165) is 13.1 Å². The van der Waals surface area contributed by atoms with Gasteiger partial charge in [0.1, 0.15) is 0 Å². The minimum absolute atomic E-state index is 0.156. The van der Waals surface area contributed by atoms with Crippen molar-refractivity contribution in [3.63, 3.8) is 0 Å². The van der Waals surface area contributed by atoms with Crippen LogP contribution in [0.1, 0.15) is 31.9 Å². The van der Waals surface area contributed by atoms with Gasteiger partial charge >= 0.3 is 0 Å². The van der Waals surface area contributed by atoms with Gasteiger partial charge in [-0.3, -0.25) is 9.66 Å². The van der Waals surface area contributed by atoms with Crippen LogP contribution in [-0.2, 0) is 17.6 Å². The Morgan fingerprint density at radius 1 is 1.21 bits per heavy atom. The minimum atomic E-state index is -1.71. The normalized spacial score (nSPS) is 13.2. The average molecular weight is 369 g/mol. The molecule has 6 heteroatoms. The van der Waals surface area contributed by atoms with Crippen LogP contribution in [0.4, 0.5) is 0 Å². The summed E-state index contributed by atoms with van der Waals surface area (Å²) in [6.45, 7) is 14.4. The van der Waals surface area contributed by atoms with Crippen molar-refractivity contribution in [2.75, 3.05) is 19.7 Å². The molecule has 1 aromatic rings. The van der Waals surface area contributed by atoms with Gasteiger partial charge in [0.05, 0.1) is 13.2 Å². The zero-order valence-electron chi connectivity index (χ0n) is 15.7. The Kier molecular flexibility index (Phi) is 8.75. The van der Waals surface area contributed by atoms with E-state index < -0.39 is 8.32 Å². The Hall–Kier alpha value is -0.583. The van der Waals surface area contributed by atoms with Crippen molar-refractivity contribution >= 4 is 23.9 Å². The molecule has 0 radical (unpaired) electrons. The Balaban J connectivity index is 2.62. The number of aliphatic hydroxyl groups is 1. The van der Waals surface area contributed by atoms with Crippen LogP contribution in [-0.4, -0.2) is 44.2 Å². The Bertz CT molecular complexity index is 513. The summed E-state index contributed by atoms with van der Waals surface area (Å²) in [6.07, 6.45) is 1.84. The Morgan fingerprint density at radius 2 is 1.79 bits per heavy atom. The van der Waals surface area contributed by atoms with Gasteiger partial charge in [0, 0.05) is 25.8 Å². The average Bonchev–Trinajstić information content (AvgIpc) is 2.51. The van der Waals surface area contributed by atoms with Gasteiger partial charge < -0.3 is 9.53 Å². The highest BCUT2D eigenvalue weighted by atomic mass is 31.0. The van der Waals surface area contributed by atoms with Gasteiger partial charge in [-0.15, -0.1) is 0 Å². The number of rotatable bonds is 9. The van der Waals surface area contributed by atoms with Gasteiger partial charge in [0.2, 0.25) is 0 Å². The van der Waals surface area contributed by atoms with Crippen molar-refractivity contribution in [2.24, 2.45) is 4.76 Å². The lowest BCUT2D eigenvalue weighted by atomic mass is 10.1. The predicted molar refractivity (Wildman–Crippen MR) is 109 cm³/mol. The van der Waals surface area contributed by atoms with E-state index in [1.165, 1.54) is 11.1 Å². The zero-order chi connectivity index (χ0) is 18.2. The van der Waals surface area contributed by atoms with E-state index in [9.17, 15) is 0 Å². The van der Waals surface area contributed by atoms with E-state index in [1.807, 2.05) is 6.21 Å². The van der Waals surface area contributed by atoms with E-state index >= 15 is 0 Å². The molecule has 0 aliphatic carbocycles. The fraction of sp³-hybridized carbons (Fsp3) is 0.611. The molecule has 1 atom stereocenters. The van der Waals surface area contributed by atoms with Crippen LogP contribution >= 0.6 is 9.39 Å². The summed E-state index contributed by atoms with van der Waals surface area (Å²) in [6, 6.07) is 8.58. The lowest BCUT2D eigenvalue weighted by Gasteiger charge is -2.36. The molecule has 1 aromatic carbocycles. The molecule has 24 heavy (non-hydrogen) atoms. The van der Waals surface area contributed by atoms with Crippen molar-refractivity contribution in [3.05, 3.63) is 35.4 Å². The molecule has 0 heterocycles. The number of benzene rings is 1. The first-order valence-corrected chi connectivity index (χ1v) is 11.9. The second kappa shape index (κ2) is 9.78. The third-order valence-electron chi connectivity index (χ3n) is 4.70. The summed E-state index contributed by atoms with van der Waals surface area (Å²) in [7, 11) is 0.630. The highest BCUT2D eigenvalue weighted by Crippen LogP contribution is 2.37. The molecule has 1 N–H and O–H groups in total. The van der Waals surface area contributed by atoms with E-state index in [4.69, 9.17) is 9.53 Å². The molecule has 0 spiro atoms. The molecule has 0 bridgehead atoms. The highest BCUT2D eigenvalue weighted by molar-refractivity contribution is 7.14. The summed E-state index contributed by atoms with van der Waals surface area (Å²) in [5.74, 6) is 0. The number of hydrogen-bond acceptors (Lipinski definition) is 4. The predicted octanol–water partition coefficient (Wildman–Crippen LogP) is 3.86. The minimum Gasteiger partial charge on any atom is -0.413 e. The maximum Gasteiger partial charge on any atom is 0.192 e. The van der Waals surface area contributed by atoms with E-state index in [-0.39, 0.29) is 11.6 Å². The van der Waals surface area contributed by atoms with Crippen LogP contribution in [0.15, 0.2) is 29.0 Å². The van der Waals surface area contributed by atoms with Crippen molar-refractivity contribution in [1.82, 2.24) is 4.90 Å². The maximum atomic E-state index is 9.17. The summed E-state index contributed by atoms with van der Waals surface area (Å²) in [5.41, 5.74) is 2.44. The molecule has 0 saturated heterocycles. The molecule has 0 aliphatic rings. The Morgan fingerprint density at radius 3 is 2.29 bits per heavy atom. The second-order valence-electron chi connectivity index (χ2n) is 7.66. The first-order valence-electron chi connectivity index (χ1n) is 8.46. The number of hydrogen-bond donors (Lipinski definition) is 1. The number of aliphatic hydroxyl groups excluding tert-OH is 1. The summed E-state index contributed by atoms with van der Waals surface area (Å²) in [4.78, 5) is 2.16. The van der Waals surface area contributed by atoms with E-state index in [0.29, 0.717) is 13.2 Å². The first kappa shape index (κ1) is 21.5. The molecule has 4 nitrogen and oxygen atoms in total. The van der Waals surface area contributed by atoms with E-state index in [1.54, 1.807) is 0 Å². The largest absolute Gasteiger partial charge is 0.413 e. The first-order chi connectivity index (χ1) is 11.2. The molecular formula is C18H33N2O2PSi. The second-order valence-corrected chi connectivity index (χ2v) is 12.8. The summed E-state index contributed by atoms with van der Waals surface area (Å²) >= 11 is 0. The SMILES string of the molecule is CC(C)(C)[Si](C)(C)OCc1ccc(CN(C/C=N\P)CCO)cc1. The molecule has 0 aromatic heterocycles. The maximum absolute atomic E-state index is 9.17. The molecule has 1 unspecified atom stereocenters. The van der Waals surface area contributed by atoms with Crippen LogP contribution in [0.3, 0.4) is 0 Å². The van der Waals surface area contributed by atoms with Crippen molar-refractivity contribution in [2.45, 2.75) is 52.1 Å². The van der Waals surface area contributed by atoms with Crippen LogP contribution in [0.5, 0.6) is 0 Å². The third kappa shape index (κ3) is 7.12. The number of nitrogens with zero attached hydrogens (tertiary/aromatic N) is 2. The summed E-state index contributed by atoms with van der Waals surface area (Å²) in [5, 5.41) is 9.40. The van der Waals surface area contributed by atoms with E-state index in [2.05, 4.69) is 77.2 Å². The molecule has 0 aliphatic heterocycles. The lowest BCUT2D eigenvalue weighted by Crippen LogP contribution is -2.40. The van der Waals surface area contributed by atoms with Crippen LogP contribution < -0.4 is 0 Å².